The van der Waals surface area contributed by atoms with Crippen LogP contribution in [0.4, 0.5) is 0 Å². The Morgan fingerprint density at radius 1 is 0.667 bits per heavy atom. The number of hydrogen-bond acceptors (Lipinski definition) is 1. The molecule has 0 aliphatic rings. The summed E-state index contributed by atoms with van der Waals surface area (Å²) in [6.07, 6.45) is 0. The van der Waals surface area contributed by atoms with E-state index in [4.69, 9.17) is 62.7 Å². The fourth-order valence-electron chi connectivity index (χ4n) is 1.29. The zero-order chi connectivity index (χ0) is 13.3. The summed E-state index contributed by atoms with van der Waals surface area (Å²) in [6, 6.07) is 7.91. The third kappa shape index (κ3) is 3.17. The minimum Gasteiger partial charge on any atom is -0.453 e. The fourth-order valence-corrected chi connectivity index (χ4v) is 2.50. The quantitative estimate of drug-likeness (QED) is 0.587. The predicted molar refractivity (Wildman–Crippen MR) is 78.0 cm³/mol. The Balaban J connectivity index is 2.43. The molecule has 0 aromatic heterocycles. The molecule has 2 rings (SSSR count). The zero-order valence-electron chi connectivity index (χ0n) is 8.68. The van der Waals surface area contributed by atoms with Gasteiger partial charge >= 0.3 is 0 Å². The summed E-state index contributed by atoms with van der Waals surface area (Å²) < 4.78 is 5.57. The molecule has 0 saturated heterocycles. The molecule has 0 fully saturated rings. The second-order valence-corrected chi connectivity index (χ2v) is 5.47. The summed E-state index contributed by atoms with van der Waals surface area (Å²) >= 11 is 29.7. The van der Waals surface area contributed by atoms with Crippen LogP contribution in [0.1, 0.15) is 0 Å². The van der Waals surface area contributed by atoms with Crippen molar-refractivity contribution in [1.82, 2.24) is 0 Å². The van der Waals surface area contributed by atoms with Gasteiger partial charge in [-0.1, -0.05) is 58.0 Å². The van der Waals surface area contributed by atoms with Crippen LogP contribution in [0.3, 0.4) is 0 Å². The Bertz CT molecular complexity index is 574. The van der Waals surface area contributed by atoms with E-state index < -0.39 is 0 Å². The van der Waals surface area contributed by atoms with Crippen molar-refractivity contribution < 1.29 is 4.74 Å². The zero-order valence-corrected chi connectivity index (χ0v) is 12.5. The average Bonchev–Trinajstić information content (AvgIpc) is 2.28. The summed E-state index contributed by atoms with van der Waals surface area (Å²) in [6.45, 7) is 0. The summed E-state index contributed by atoms with van der Waals surface area (Å²) in [5.74, 6) is 0.655. The van der Waals surface area contributed by atoms with Crippen molar-refractivity contribution in [2.24, 2.45) is 0 Å². The highest BCUT2D eigenvalue weighted by Gasteiger charge is 2.12. The SMILES string of the molecule is Clc1cc(Cl)c(Oc2cc(Cl)ccc2Cl)c(Cl)c1. The number of benzene rings is 2. The first-order valence-corrected chi connectivity index (χ1v) is 6.64. The van der Waals surface area contributed by atoms with Gasteiger partial charge in [0.05, 0.1) is 15.1 Å². The predicted octanol–water partition coefficient (Wildman–Crippen LogP) is 6.75. The van der Waals surface area contributed by atoms with Crippen molar-refractivity contribution in [3.8, 4) is 11.5 Å². The van der Waals surface area contributed by atoms with Crippen molar-refractivity contribution >= 4 is 58.0 Å². The van der Waals surface area contributed by atoms with Crippen molar-refractivity contribution in [3.05, 3.63) is 55.4 Å². The third-order valence-electron chi connectivity index (χ3n) is 2.07. The normalized spacial score (nSPS) is 10.5. The fraction of sp³-hybridized carbons (Fsp3) is 0. The maximum Gasteiger partial charge on any atom is 0.164 e. The monoisotopic (exact) mass is 340 g/mol. The van der Waals surface area contributed by atoms with Crippen LogP contribution in [0.2, 0.25) is 25.1 Å². The van der Waals surface area contributed by atoms with E-state index in [1.54, 1.807) is 18.2 Å². The van der Waals surface area contributed by atoms with E-state index in [-0.39, 0.29) is 5.75 Å². The van der Waals surface area contributed by atoms with Gasteiger partial charge in [-0.3, -0.25) is 0 Å². The van der Waals surface area contributed by atoms with Gasteiger partial charge in [0.15, 0.2) is 5.75 Å². The molecule has 2 aromatic carbocycles. The second kappa shape index (κ2) is 5.77. The van der Waals surface area contributed by atoms with Crippen LogP contribution >= 0.6 is 58.0 Å². The highest BCUT2D eigenvalue weighted by Crippen LogP contribution is 2.41. The van der Waals surface area contributed by atoms with Crippen molar-refractivity contribution in [1.29, 1.82) is 0 Å². The molecule has 0 spiro atoms. The van der Waals surface area contributed by atoms with Gasteiger partial charge in [-0.2, -0.15) is 0 Å². The third-order valence-corrected chi connectivity index (χ3v) is 3.40. The lowest BCUT2D eigenvalue weighted by atomic mass is 10.3. The standard InChI is InChI=1S/C12H5Cl5O/c13-6-1-2-8(15)11(5-6)18-12-9(16)3-7(14)4-10(12)17/h1-5H. The molecule has 18 heavy (non-hydrogen) atoms. The van der Waals surface area contributed by atoms with Crippen molar-refractivity contribution in [3.63, 3.8) is 0 Å². The maximum absolute atomic E-state index is 6.01. The minimum atomic E-state index is 0.284. The van der Waals surface area contributed by atoms with Gasteiger partial charge in [0.1, 0.15) is 5.75 Å². The molecule has 0 atom stereocenters. The van der Waals surface area contributed by atoms with Crippen molar-refractivity contribution in [2.45, 2.75) is 0 Å². The lowest BCUT2D eigenvalue weighted by Crippen LogP contribution is -1.88. The Hall–Kier alpha value is -0.310. The Labute approximate surface area is 129 Å². The molecule has 0 unspecified atom stereocenters. The van der Waals surface area contributed by atoms with Gasteiger partial charge in [-0.25, -0.2) is 0 Å². The smallest absolute Gasteiger partial charge is 0.164 e. The molecule has 94 valence electrons. The van der Waals surface area contributed by atoms with Crippen LogP contribution in [-0.2, 0) is 0 Å². The maximum atomic E-state index is 6.01. The molecular formula is C12H5Cl5O. The molecule has 0 bridgehead atoms. The molecule has 0 heterocycles. The topological polar surface area (TPSA) is 9.23 Å². The van der Waals surface area contributed by atoms with Crippen LogP contribution in [0.5, 0.6) is 11.5 Å². The Morgan fingerprint density at radius 2 is 1.28 bits per heavy atom. The molecule has 0 aliphatic heterocycles. The molecule has 0 N–H and O–H groups in total. The minimum absolute atomic E-state index is 0.284. The van der Waals surface area contributed by atoms with Gasteiger partial charge in [0.2, 0.25) is 0 Å². The van der Waals surface area contributed by atoms with E-state index in [1.165, 1.54) is 12.1 Å². The van der Waals surface area contributed by atoms with Gasteiger partial charge in [-0.15, -0.1) is 0 Å². The number of halogens is 5. The molecule has 2 aromatic rings. The molecule has 6 heteroatoms. The number of hydrogen-bond donors (Lipinski definition) is 0. The molecule has 0 saturated carbocycles. The molecule has 0 aliphatic carbocycles. The van der Waals surface area contributed by atoms with E-state index in [1.807, 2.05) is 0 Å². The first-order valence-electron chi connectivity index (χ1n) is 4.75. The molecule has 0 amide bonds. The summed E-state index contributed by atoms with van der Waals surface area (Å²) in [4.78, 5) is 0. The van der Waals surface area contributed by atoms with E-state index in [9.17, 15) is 0 Å². The molecule has 0 radical (unpaired) electrons. The van der Waals surface area contributed by atoms with E-state index >= 15 is 0 Å². The summed E-state index contributed by atoms with van der Waals surface area (Å²) in [5.41, 5.74) is 0. The van der Waals surface area contributed by atoms with Gasteiger partial charge in [0, 0.05) is 16.1 Å². The van der Waals surface area contributed by atoms with E-state index in [2.05, 4.69) is 0 Å². The first-order chi connectivity index (χ1) is 8.47. The lowest BCUT2D eigenvalue weighted by Gasteiger charge is -2.11. The highest BCUT2D eigenvalue weighted by molar-refractivity contribution is 6.40. The van der Waals surface area contributed by atoms with Crippen LogP contribution in [0.25, 0.3) is 0 Å². The van der Waals surface area contributed by atoms with Crippen LogP contribution < -0.4 is 4.74 Å². The van der Waals surface area contributed by atoms with E-state index in [0.717, 1.165) is 0 Å². The number of rotatable bonds is 2. The van der Waals surface area contributed by atoms with Crippen LogP contribution in [0, 0.1) is 0 Å². The largest absolute Gasteiger partial charge is 0.453 e. The molecule has 1 nitrogen and oxygen atoms in total. The van der Waals surface area contributed by atoms with Crippen LogP contribution in [0.15, 0.2) is 30.3 Å². The first kappa shape index (κ1) is 14.1. The second-order valence-electron chi connectivity index (χ2n) is 3.38. The summed E-state index contributed by atoms with van der Waals surface area (Å²) in [5, 5.41) is 1.92. The number of ether oxygens (including phenoxy) is 1. The van der Waals surface area contributed by atoms with Gasteiger partial charge < -0.3 is 4.74 Å². The molecular weight excluding hydrogens is 337 g/mol. The van der Waals surface area contributed by atoms with Crippen LogP contribution in [-0.4, -0.2) is 0 Å². The van der Waals surface area contributed by atoms with Crippen molar-refractivity contribution in [2.75, 3.05) is 0 Å². The Kier molecular flexibility index (Phi) is 4.52. The average molecular weight is 342 g/mol. The Morgan fingerprint density at radius 3 is 1.89 bits per heavy atom. The highest BCUT2D eigenvalue weighted by atomic mass is 35.5. The van der Waals surface area contributed by atoms with Gasteiger partial charge in [-0.05, 0) is 24.3 Å². The lowest BCUT2D eigenvalue weighted by molar-refractivity contribution is 0.483. The van der Waals surface area contributed by atoms with Gasteiger partial charge in [0.25, 0.3) is 0 Å². The van der Waals surface area contributed by atoms with E-state index in [0.29, 0.717) is 30.9 Å². The summed E-state index contributed by atoms with van der Waals surface area (Å²) in [7, 11) is 0.